The number of nitriles is 1. The molecule has 0 radical (unpaired) electrons. The van der Waals surface area contributed by atoms with Crippen molar-refractivity contribution in [2.45, 2.75) is 45.5 Å². The number of aliphatic hydroxyl groups is 1. The van der Waals surface area contributed by atoms with Crippen LogP contribution in [0.25, 0.3) is 0 Å². The molecule has 5 nitrogen and oxygen atoms in total. The first-order valence-electron chi connectivity index (χ1n) is 6.16. The molecule has 0 amide bonds. The maximum absolute atomic E-state index is 9.25. The van der Waals surface area contributed by atoms with E-state index in [0.29, 0.717) is 11.0 Å². The van der Waals surface area contributed by atoms with Crippen LogP contribution < -0.4 is 5.46 Å². The van der Waals surface area contributed by atoms with E-state index in [1.165, 1.54) is 0 Å². The van der Waals surface area contributed by atoms with Gasteiger partial charge in [0, 0.05) is 17.2 Å². The Labute approximate surface area is 113 Å². The van der Waals surface area contributed by atoms with Gasteiger partial charge in [0.25, 0.3) is 0 Å². The van der Waals surface area contributed by atoms with Crippen LogP contribution in [-0.4, -0.2) is 28.4 Å². The van der Waals surface area contributed by atoms with Crippen molar-refractivity contribution < 1.29 is 14.4 Å². The molecule has 1 N–H and O–H groups in total. The Balaban J connectivity index is 2.33. The highest BCUT2D eigenvalue weighted by Gasteiger charge is 2.51. The molecule has 0 aromatic carbocycles. The van der Waals surface area contributed by atoms with E-state index in [1.54, 1.807) is 12.3 Å². The molecule has 1 aliphatic heterocycles. The van der Waals surface area contributed by atoms with Crippen LogP contribution in [0.1, 0.15) is 39.0 Å². The molecule has 1 saturated heterocycles. The smallest absolute Gasteiger partial charge is 0.399 e. The van der Waals surface area contributed by atoms with E-state index in [2.05, 4.69) is 4.98 Å². The van der Waals surface area contributed by atoms with Crippen LogP contribution in [0.3, 0.4) is 0 Å². The molecule has 0 aliphatic carbocycles. The summed E-state index contributed by atoms with van der Waals surface area (Å²) in [5.41, 5.74) is 0.565. The number of hydrogen-bond acceptors (Lipinski definition) is 5. The third-order valence-corrected chi connectivity index (χ3v) is 3.79. The second-order valence-electron chi connectivity index (χ2n) is 5.63. The Hall–Kier alpha value is -1.42. The number of pyridine rings is 1. The van der Waals surface area contributed by atoms with Crippen LogP contribution in [0.4, 0.5) is 0 Å². The van der Waals surface area contributed by atoms with Crippen LogP contribution >= 0.6 is 0 Å². The first kappa shape index (κ1) is 14.0. The normalized spacial score (nSPS) is 20.3. The van der Waals surface area contributed by atoms with Crippen molar-refractivity contribution >= 4 is 12.6 Å². The van der Waals surface area contributed by atoms with Gasteiger partial charge in [-0.2, -0.15) is 5.26 Å². The van der Waals surface area contributed by atoms with Gasteiger partial charge < -0.3 is 14.4 Å². The number of nitrogens with zero attached hydrogens (tertiary/aromatic N) is 2. The number of aromatic nitrogens is 1. The highest BCUT2D eigenvalue weighted by Crippen LogP contribution is 2.36. The van der Waals surface area contributed by atoms with Crippen molar-refractivity contribution in [2.24, 2.45) is 0 Å². The molecular formula is C13H17BN2O3. The van der Waals surface area contributed by atoms with E-state index in [-0.39, 0.29) is 12.3 Å². The van der Waals surface area contributed by atoms with Gasteiger partial charge in [0.15, 0.2) is 0 Å². The molecule has 1 aromatic rings. The average molecular weight is 260 g/mol. The van der Waals surface area contributed by atoms with Gasteiger partial charge in [-0.25, -0.2) is 4.98 Å². The van der Waals surface area contributed by atoms with Gasteiger partial charge in [0.05, 0.1) is 17.8 Å². The lowest BCUT2D eigenvalue weighted by molar-refractivity contribution is 0.00578. The Morgan fingerprint density at radius 1 is 1.32 bits per heavy atom. The Kier molecular flexibility index (Phi) is 3.39. The minimum Gasteiger partial charge on any atom is -0.399 e. The lowest BCUT2D eigenvalue weighted by atomic mass is 9.79. The second-order valence-corrected chi connectivity index (χ2v) is 5.63. The van der Waals surface area contributed by atoms with Crippen molar-refractivity contribution in [3.8, 4) is 6.07 Å². The predicted octanol–water partition coefficient (Wildman–Crippen LogP) is 0.745. The molecule has 2 heterocycles. The highest BCUT2D eigenvalue weighted by atomic mass is 16.7. The van der Waals surface area contributed by atoms with E-state index in [9.17, 15) is 5.11 Å². The quantitative estimate of drug-likeness (QED) is 0.794. The van der Waals surface area contributed by atoms with E-state index >= 15 is 0 Å². The average Bonchev–Trinajstić information content (AvgIpc) is 2.57. The Bertz CT molecular complexity index is 521. The minimum absolute atomic E-state index is 0.225. The monoisotopic (exact) mass is 260 g/mol. The van der Waals surface area contributed by atoms with E-state index < -0.39 is 18.3 Å². The van der Waals surface area contributed by atoms with E-state index in [1.807, 2.05) is 33.8 Å². The third-order valence-electron chi connectivity index (χ3n) is 3.79. The fourth-order valence-electron chi connectivity index (χ4n) is 1.86. The van der Waals surface area contributed by atoms with Crippen molar-refractivity contribution in [1.82, 2.24) is 4.98 Å². The fraction of sp³-hybridized carbons (Fsp3) is 0.538. The molecule has 100 valence electrons. The first-order chi connectivity index (χ1) is 8.80. The van der Waals surface area contributed by atoms with Gasteiger partial charge in [-0.3, -0.25) is 0 Å². The van der Waals surface area contributed by atoms with Crippen molar-refractivity contribution in [1.29, 1.82) is 5.26 Å². The second kappa shape index (κ2) is 4.60. The maximum atomic E-state index is 9.25. The standard InChI is InChI=1S/C13H17BN2O3/c1-12(2)13(3,4)19-14(18-12)10-5-9(8-17)11(6-15)16-7-10/h5,7,17H,8H2,1-4H3. The zero-order valence-corrected chi connectivity index (χ0v) is 11.6. The van der Waals surface area contributed by atoms with Crippen LogP contribution in [0.15, 0.2) is 12.3 Å². The molecule has 0 bridgehead atoms. The van der Waals surface area contributed by atoms with Gasteiger partial charge in [0.2, 0.25) is 0 Å². The highest BCUT2D eigenvalue weighted by molar-refractivity contribution is 6.62. The summed E-state index contributed by atoms with van der Waals surface area (Å²) in [6.07, 6.45) is 1.56. The number of rotatable bonds is 2. The van der Waals surface area contributed by atoms with Crippen LogP contribution in [0, 0.1) is 11.3 Å². The Morgan fingerprint density at radius 2 is 1.89 bits per heavy atom. The molecule has 1 aliphatic rings. The van der Waals surface area contributed by atoms with Gasteiger partial charge in [-0.05, 0) is 27.7 Å². The largest absolute Gasteiger partial charge is 0.496 e. The third kappa shape index (κ3) is 2.37. The summed E-state index contributed by atoms with van der Waals surface area (Å²) in [6.45, 7) is 7.64. The zero-order chi connectivity index (χ0) is 14.3. The Morgan fingerprint density at radius 3 is 2.37 bits per heavy atom. The first-order valence-corrected chi connectivity index (χ1v) is 6.16. The number of aliphatic hydroxyl groups excluding tert-OH is 1. The summed E-state index contributed by atoms with van der Waals surface area (Å²) < 4.78 is 11.8. The lowest BCUT2D eigenvalue weighted by Gasteiger charge is -2.32. The zero-order valence-electron chi connectivity index (χ0n) is 11.6. The predicted molar refractivity (Wildman–Crippen MR) is 70.6 cm³/mol. The maximum Gasteiger partial charge on any atom is 0.496 e. The molecule has 19 heavy (non-hydrogen) atoms. The van der Waals surface area contributed by atoms with E-state index in [0.717, 1.165) is 0 Å². The fourth-order valence-corrected chi connectivity index (χ4v) is 1.86. The SMILES string of the molecule is CC1(C)OB(c2cnc(C#N)c(CO)c2)OC1(C)C. The molecule has 6 heteroatoms. The molecule has 0 unspecified atom stereocenters. The molecular weight excluding hydrogens is 243 g/mol. The van der Waals surface area contributed by atoms with Crippen molar-refractivity contribution in [3.05, 3.63) is 23.5 Å². The van der Waals surface area contributed by atoms with Gasteiger partial charge >= 0.3 is 7.12 Å². The van der Waals surface area contributed by atoms with Gasteiger partial charge in [0.1, 0.15) is 11.8 Å². The van der Waals surface area contributed by atoms with Crippen LogP contribution in [0.2, 0.25) is 0 Å². The van der Waals surface area contributed by atoms with Crippen molar-refractivity contribution in [2.75, 3.05) is 0 Å². The molecule has 0 saturated carbocycles. The van der Waals surface area contributed by atoms with Gasteiger partial charge in [-0.15, -0.1) is 0 Å². The molecule has 1 aromatic heterocycles. The summed E-state index contributed by atoms with van der Waals surface area (Å²) in [4.78, 5) is 4.03. The number of hydrogen-bond donors (Lipinski definition) is 1. The molecule has 0 spiro atoms. The van der Waals surface area contributed by atoms with Crippen LogP contribution in [-0.2, 0) is 15.9 Å². The summed E-state index contributed by atoms with van der Waals surface area (Å²) in [5, 5.41) is 18.1. The van der Waals surface area contributed by atoms with Gasteiger partial charge in [-0.1, -0.05) is 6.07 Å². The summed E-state index contributed by atoms with van der Waals surface area (Å²) >= 11 is 0. The van der Waals surface area contributed by atoms with Crippen molar-refractivity contribution in [3.63, 3.8) is 0 Å². The topological polar surface area (TPSA) is 75.4 Å². The van der Waals surface area contributed by atoms with Crippen LogP contribution in [0.5, 0.6) is 0 Å². The summed E-state index contributed by atoms with van der Waals surface area (Å²) in [7, 11) is -0.532. The summed E-state index contributed by atoms with van der Waals surface area (Å²) in [6, 6.07) is 3.65. The lowest BCUT2D eigenvalue weighted by Crippen LogP contribution is -2.41. The molecule has 0 atom stereocenters. The van der Waals surface area contributed by atoms with E-state index in [4.69, 9.17) is 14.6 Å². The molecule has 1 fully saturated rings. The summed E-state index contributed by atoms with van der Waals surface area (Å²) in [5.74, 6) is 0. The minimum atomic E-state index is -0.532. The molecule has 2 rings (SSSR count).